The SMILES string of the molecule is C#Cc1ncn(C(C)(C)C)n1. The molecule has 1 aromatic heterocycles. The molecular weight excluding hydrogens is 138 g/mol. The molecule has 0 aliphatic heterocycles. The van der Waals surface area contributed by atoms with Crippen LogP contribution in [0, 0.1) is 12.3 Å². The lowest BCUT2D eigenvalue weighted by molar-refractivity contribution is 0.354. The Morgan fingerprint density at radius 2 is 2.18 bits per heavy atom. The van der Waals surface area contributed by atoms with Gasteiger partial charge in [-0.05, 0) is 26.7 Å². The van der Waals surface area contributed by atoms with E-state index in [0.717, 1.165) is 0 Å². The van der Waals surface area contributed by atoms with E-state index in [1.165, 1.54) is 0 Å². The average molecular weight is 149 g/mol. The van der Waals surface area contributed by atoms with Crippen molar-refractivity contribution in [2.24, 2.45) is 0 Å². The summed E-state index contributed by atoms with van der Waals surface area (Å²) in [4.78, 5) is 3.92. The molecule has 0 bridgehead atoms. The van der Waals surface area contributed by atoms with E-state index in [9.17, 15) is 0 Å². The van der Waals surface area contributed by atoms with E-state index >= 15 is 0 Å². The molecule has 3 nitrogen and oxygen atoms in total. The third-order valence-electron chi connectivity index (χ3n) is 1.31. The molecule has 11 heavy (non-hydrogen) atoms. The fourth-order valence-corrected chi connectivity index (χ4v) is 0.652. The molecule has 0 saturated heterocycles. The van der Waals surface area contributed by atoms with Crippen molar-refractivity contribution < 1.29 is 0 Å². The van der Waals surface area contributed by atoms with Crippen molar-refractivity contribution in [2.45, 2.75) is 26.3 Å². The molecule has 0 amide bonds. The van der Waals surface area contributed by atoms with E-state index in [1.54, 1.807) is 11.0 Å². The fourth-order valence-electron chi connectivity index (χ4n) is 0.652. The molecule has 1 rings (SSSR count). The van der Waals surface area contributed by atoms with E-state index in [-0.39, 0.29) is 5.54 Å². The Balaban J connectivity index is 3.01. The van der Waals surface area contributed by atoms with Gasteiger partial charge in [0.05, 0.1) is 5.54 Å². The lowest BCUT2D eigenvalue weighted by Crippen LogP contribution is -2.22. The molecule has 0 atom stereocenters. The molecule has 0 aliphatic carbocycles. The van der Waals surface area contributed by atoms with E-state index in [4.69, 9.17) is 6.42 Å². The molecule has 0 aromatic carbocycles. The lowest BCUT2D eigenvalue weighted by atomic mass is 10.1. The maximum absolute atomic E-state index is 5.12. The van der Waals surface area contributed by atoms with Gasteiger partial charge in [0, 0.05) is 0 Å². The Bertz CT molecular complexity index is 285. The molecule has 0 unspecified atom stereocenters. The number of rotatable bonds is 0. The summed E-state index contributed by atoms with van der Waals surface area (Å²) in [6.45, 7) is 6.13. The van der Waals surface area contributed by atoms with Crippen molar-refractivity contribution in [1.29, 1.82) is 0 Å². The molecule has 58 valence electrons. The van der Waals surface area contributed by atoms with Crippen molar-refractivity contribution in [3.8, 4) is 12.3 Å². The molecule has 0 aliphatic rings. The van der Waals surface area contributed by atoms with Crippen LogP contribution >= 0.6 is 0 Å². The minimum Gasteiger partial charge on any atom is -0.246 e. The minimum atomic E-state index is -0.0396. The number of hydrogen-bond acceptors (Lipinski definition) is 2. The molecular formula is C8H11N3. The highest BCUT2D eigenvalue weighted by Gasteiger charge is 2.13. The zero-order valence-electron chi connectivity index (χ0n) is 7.00. The summed E-state index contributed by atoms with van der Waals surface area (Å²) in [5.41, 5.74) is -0.0396. The Kier molecular flexibility index (Phi) is 1.69. The monoisotopic (exact) mass is 149 g/mol. The Labute approximate surface area is 66.4 Å². The van der Waals surface area contributed by atoms with Crippen LogP contribution in [0.2, 0.25) is 0 Å². The molecule has 0 spiro atoms. The van der Waals surface area contributed by atoms with Gasteiger partial charge in [0.2, 0.25) is 5.82 Å². The molecule has 1 aromatic rings. The van der Waals surface area contributed by atoms with Crippen LogP contribution in [0.5, 0.6) is 0 Å². The average Bonchev–Trinajstić information content (AvgIpc) is 2.32. The van der Waals surface area contributed by atoms with E-state index in [2.05, 4.69) is 16.0 Å². The number of nitrogens with zero attached hydrogens (tertiary/aromatic N) is 3. The van der Waals surface area contributed by atoms with Gasteiger partial charge in [-0.15, -0.1) is 11.5 Å². The standard InChI is InChI=1S/C8H11N3/c1-5-7-9-6-11(10-7)8(2,3)4/h1,6H,2-4H3. The van der Waals surface area contributed by atoms with Gasteiger partial charge in [-0.3, -0.25) is 0 Å². The summed E-state index contributed by atoms with van der Waals surface area (Å²) in [5.74, 6) is 2.82. The lowest BCUT2D eigenvalue weighted by Gasteiger charge is -2.17. The third kappa shape index (κ3) is 1.58. The largest absolute Gasteiger partial charge is 0.246 e. The first-order valence-corrected chi connectivity index (χ1v) is 3.43. The normalized spacial score (nSPS) is 11.1. The Hall–Kier alpha value is -1.30. The second kappa shape index (κ2) is 2.39. The molecule has 0 fully saturated rings. The Morgan fingerprint density at radius 3 is 2.45 bits per heavy atom. The van der Waals surface area contributed by atoms with E-state index < -0.39 is 0 Å². The predicted octanol–water partition coefficient (Wildman–Crippen LogP) is 1.01. The maximum atomic E-state index is 5.12. The predicted molar refractivity (Wildman–Crippen MR) is 43.0 cm³/mol. The molecule has 1 heterocycles. The van der Waals surface area contributed by atoms with Crippen LogP contribution in [-0.4, -0.2) is 14.8 Å². The first-order valence-electron chi connectivity index (χ1n) is 3.43. The van der Waals surface area contributed by atoms with Crippen LogP contribution in [0.15, 0.2) is 6.33 Å². The first-order chi connectivity index (χ1) is 5.04. The minimum absolute atomic E-state index is 0.0396. The quantitative estimate of drug-likeness (QED) is 0.515. The number of terminal acetylenes is 1. The highest BCUT2D eigenvalue weighted by Crippen LogP contribution is 2.10. The maximum Gasteiger partial charge on any atom is 0.225 e. The molecule has 0 N–H and O–H groups in total. The van der Waals surface area contributed by atoms with E-state index in [0.29, 0.717) is 5.82 Å². The van der Waals surface area contributed by atoms with Gasteiger partial charge < -0.3 is 0 Å². The molecule has 0 radical (unpaired) electrons. The first kappa shape index (κ1) is 7.80. The van der Waals surface area contributed by atoms with Gasteiger partial charge in [0.1, 0.15) is 6.33 Å². The van der Waals surface area contributed by atoms with Crippen LogP contribution in [0.3, 0.4) is 0 Å². The molecule has 3 heteroatoms. The Morgan fingerprint density at radius 1 is 1.55 bits per heavy atom. The number of aromatic nitrogens is 3. The van der Waals surface area contributed by atoms with Crippen LogP contribution in [0.4, 0.5) is 0 Å². The topological polar surface area (TPSA) is 30.7 Å². The van der Waals surface area contributed by atoms with E-state index in [1.807, 2.05) is 20.8 Å². The highest BCUT2D eigenvalue weighted by atomic mass is 15.4. The number of hydrogen-bond donors (Lipinski definition) is 0. The van der Waals surface area contributed by atoms with Crippen LogP contribution in [0.25, 0.3) is 0 Å². The summed E-state index contributed by atoms with van der Waals surface area (Å²) in [5, 5.41) is 4.07. The van der Waals surface area contributed by atoms with Gasteiger partial charge in [0.15, 0.2) is 0 Å². The van der Waals surface area contributed by atoms with Crippen LogP contribution in [0.1, 0.15) is 26.6 Å². The summed E-state index contributed by atoms with van der Waals surface area (Å²) in [7, 11) is 0. The molecule has 0 saturated carbocycles. The highest BCUT2D eigenvalue weighted by molar-refractivity contribution is 5.12. The van der Waals surface area contributed by atoms with Crippen molar-refractivity contribution >= 4 is 0 Å². The van der Waals surface area contributed by atoms with Crippen molar-refractivity contribution in [1.82, 2.24) is 14.8 Å². The summed E-state index contributed by atoms with van der Waals surface area (Å²) >= 11 is 0. The third-order valence-corrected chi connectivity index (χ3v) is 1.31. The summed E-state index contributed by atoms with van der Waals surface area (Å²) in [6.07, 6.45) is 6.77. The van der Waals surface area contributed by atoms with Crippen molar-refractivity contribution in [2.75, 3.05) is 0 Å². The summed E-state index contributed by atoms with van der Waals surface area (Å²) in [6, 6.07) is 0. The van der Waals surface area contributed by atoms with Crippen LogP contribution in [-0.2, 0) is 5.54 Å². The zero-order valence-corrected chi connectivity index (χ0v) is 7.00. The second-order valence-corrected chi connectivity index (χ2v) is 3.33. The smallest absolute Gasteiger partial charge is 0.225 e. The van der Waals surface area contributed by atoms with Crippen molar-refractivity contribution in [3.05, 3.63) is 12.2 Å². The fraction of sp³-hybridized carbons (Fsp3) is 0.500. The summed E-state index contributed by atoms with van der Waals surface area (Å²) < 4.78 is 1.75. The second-order valence-electron chi connectivity index (χ2n) is 3.33. The van der Waals surface area contributed by atoms with Crippen LogP contribution < -0.4 is 0 Å². The van der Waals surface area contributed by atoms with Gasteiger partial charge in [-0.2, -0.15) is 0 Å². The zero-order chi connectivity index (χ0) is 8.48. The van der Waals surface area contributed by atoms with Gasteiger partial charge >= 0.3 is 0 Å². The van der Waals surface area contributed by atoms with Gasteiger partial charge in [-0.1, -0.05) is 0 Å². The van der Waals surface area contributed by atoms with Gasteiger partial charge in [0.25, 0.3) is 0 Å². The van der Waals surface area contributed by atoms with Crippen molar-refractivity contribution in [3.63, 3.8) is 0 Å². The van der Waals surface area contributed by atoms with Gasteiger partial charge in [-0.25, -0.2) is 9.67 Å².